The molecule has 1 unspecified atom stereocenters. The van der Waals surface area contributed by atoms with Crippen molar-refractivity contribution in [2.24, 2.45) is 0 Å². The fraction of sp³-hybridized carbons (Fsp3) is 0.353. The van der Waals surface area contributed by atoms with Crippen molar-refractivity contribution in [2.45, 2.75) is 19.1 Å². The Morgan fingerprint density at radius 1 is 1.39 bits per heavy atom. The Balaban J connectivity index is 1.40. The molecule has 1 aromatic carbocycles. The van der Waals surface area contributed by atoms with Crippen LogP contribution in [-0.2, 0) is 17.8 Å². The van der Waals surface area contributed by atoms with Gasteiger partial charge in [-0.1, -0.05) is 29.8 Å². The van der Waals surface area contributed by atoms with Crippen molar-refractivity contribution >= 4 is 28.8 Å². The molecule has 4 nitrogen and oxygen atoms in total. The molecule has 0 saturated carbocycles. The second-order valence-electron chi connectivity index (χ2n) is 5.73. The summed E-state index contributed by atoms with van der Waals surface area (Å²) in [5.74, 6) is 0.938. The number of para-hydroxylation sites is 1. The first-order chi connectivity index (χ1) is 11.1. The van der Waals surface area contributed by atoms with Crippen molar-refractivity contribution < 1.29 is 9.53 Å². The molecule has 0 fully saturated rings. The van der Waals surface area contributed by atoms with Crippen LogP contribution in [0.15, 0.2) is 36.4 Å². The molecule has 0 spiro atoms. The molecule has 1 N–H and O–H groups in total. The van der Waals surface area contributed by atoms with Gasteiger partial charge in [0.05, 0.1) is 17.4 Å². The van der Waals surface area contributed by atoms with Gasteiger partial charge in [-0.2, -0.15) is 0 Å². The number of rotatable bonds is 6. The van der Waals surface area contributed by atoms with Gasteiger partial charge in [-0.15, -0.1) is 11.3 Å². The number of amides is 1. The maximum atomic E-state index is 12.0. The van der Waals surface area contributed by atoms with Crippen molar-refractivity contribution in [3.63, 3.8) is 0 Å². The molecular weight excluding hydrogens is 332 g/mol. The van der Waals surface area contributed by atoms with Crippen molar-refractivity contribution in [1.29, 1.82) is 0 Å². The van der Waals surface area contributed by atoms with Gasteiger partial charge >= 0.3 is 0 Å². The van der Waals surface area contributed by atoms with E-state index in [1.165, 1.54) is 5.56 Å². The van der Waals surface area contributed by atoms with E-state index in [1.54, 1.807) is 11.3 Å². The van der Waals surface area contributed by atoms with Gasteiger partial charge in [0.25, 0.3) is 0 Å². The zero-order valence-corrected chi connectivity index (χ0v) is 14.5. The number of fused-ring (bicyclic) bond motifs is 1. The van der Waals surface area contributed by atoms with Crippen LogP contribution in [0.2, 0.25) is 4.34 Å². The summed E-state index contributed by atoms with van der Waals surface area (Å²) in [6.07, 6.45) is 0.873. The van der Waals surface area contributed by atoms with E-state index >= 15 is 0 Å². The molecular formula is C17H19ClN2O2S. The zero-order chi connectivity index (χ0) is 16.2. The van der Waals surface area contributed by atoms with Gasteiger partial charge in [0.2, 0.25) is 5.91 Å². The molecule has 122 valence electrons. The first-order valence-corrected chi connectivity index (χ1v) is 8.73. The fourth-order valence-electron chi connectivity index (χ4n) is 2.66. The smallest absolute Gasteiger partial charge is 0.234 e. The molecule has 0 aliphatic carbocycles. The number of halogens is 1. The van der Waals surface area contributed by atoms with Crippen molar-refractivity contribution in [2.75, 3.05) is 20.1 Å². The van der Waals surface area contributed by atoms with Gasteiger partial charge < -0.3 is 10.1 Å². The van der Waals surface area contributed by atoms with Crippen molar-refractivity contribution in [3.05, 3.63) is 51.2 Å². The van der Waals surface area contributed by atoms with Crippen LogP contribution in [-0.4, -0.2) is 37.0 Å². The highest BCUT2D eigenvalue weighted by Gasteiger charge is 2.22. The SMILES string of the molecule is CN(CC(=O)NCC1Cc2ccccc2O1)Cc1ccc(Cl)s1. The Labute approximate surface area is 145 Å². The molecule has 1 atom stereocenters. The number of carbonyl (C=O) groups excluding carboxylic acids is 1. The summed E-state index contributed by atoms with van der Waals surface area (Å²) < 4.78 is 6.59. The number of hydrogen-bond acceptors (Lipinski definition) is 4. The van der Waals surface area contributed by atoms with Gasteiger partial charge in [0.15, 0.2) is 0 Å². The molecule has 2 aromatic rings. The van der Waals surface area contributed by atoms with E-state index in [4.69, 9.17) is 16.3 Å². The lowest BCUT2D eigenvalue weighted by Crippen LogP contribution is -2.39. The minimum atomic E-state index is 0.00899. The second kappa shape index (κ2) is 7.34. The molecule has 1 amide bonds. The Hall–Kier alpha value is -1.56. The summed E-state index contributed by atoms with van der Waals surface area (Å²) in [5.41, 5.74) is 1.21. The van der Waals surface area contributed by atoms with Gasteiger partial charge in [0, 0.05) is 17.8 Å². The number of thiophene rings is 1. The Morgan fingerprint density at radius 2 is 2.22 bits per heavy atom. The number of ether oxygens (including phenoxy) is 1. The summed E-state index contributed by atoms with van der Waals surface area (Å²) in [6, 6.07) is 11.9. The lowest BCUT2D eigenvalue weighted by atomic mass is 10.1. The summed E-state index contributed by atoms with van der Waals surface area (Å²) in [6.45, 7) is 1.61. The van der Waals surface area contributed by atoms with E-state index in [0.29, 0.717) is 13.1 Å². The molecule has 6 heteroatoms. The standard InChI is InChI=1S/C17H19ClN2O2S/c1-20(10-14-6-7-16(18)23-14)11-17(21)19-9-13-8-12-4-2-3-5-15(12)22-13/h2-7,13H,8-11H2,1H3,(H,19,21). The number of benzene rings is 1. The van der Waals surface area contributed by atoms with Gasteiger partial charge in [-0.25, -0.2) is 0 Å². The maximum absolute atomic E-state index is 12.0. The van der Waals surface area contributed by atoms with Crippen molar-refractivity contribution in [3.8, 4) is 5.75 Å². The van der Waals surface area contributed by atoms with Crippen molar-refractivity contribution in [1.82, 2.24) is 10.2 Å². The maximum Gasteiger partial charge on any atom is 0.234 e. The predicted octanol–water partition coefficient (Wildman–Crippen LogP) is 2.95. The Morgan fingerprint density at radius 3 is 2.96 bits per heavy atom. The van der Waals surface area contributed by atoms with E-state index < -0.39 is 0 Å². The lowest BCUT2D eigenvalue weighted by molar-refractivity contribution is -0.122. The first kappa shape index (κ1) is 16.3. The van der Waals surface area contributed by atoms with Crippen LogP contribution in [0.25, 0.3) is 0 Å². The molecule has 0 saturated heterocycles. The highest BCUT2D eigenvalue weighted by atomic mass is 35.5. The Kier molecular flexibility index (Phi) is 5.20. The number of likely N-dealkylation sites (N-methyl/N-ethyl adjacent to an activating group) is 1. The Bertz CT molecular complexity index is 664. The van der Waals surface area contributed by atoms with Crippen LogP contribution in [0, 0.1) is 0 Å². The largest absolute Gasteiger partial charge is 0.488 e. The lowest BCUT2D eigenvalue weighted by Gasteiger charge is -2.17. The van der Waals surface area contributed by atoms with E-state index in [-0.39, 0.29) is 12.0 Å². The average Bonchev–Trinajstić information content (AvgIpc) is 3.10. The van der Waals surface area contributed by atoms with Crippen LogP contribution in [0.4, 0.5) is 0 Å². The zero-order valence-electron chi connectivity index (χ0n) is 12.9. The molecule has 3 rings (SSSR count). The molecule has 1 aliphatic heterocycles. The predicted molar refractivity (Wildman–Crippen MR) is 93.2 cm³/mol. The van der Waals surface area contributed by atoms with Crippen LogP contribution in [0.5, 0.6) is 5.75 Å². The molecule has 0 bridgehead atoms. The molecule has 2 heterocycles. The summed E-state index contributed by atoms with van der Waals surface area (Å²) in [7, 11) is 1.93. The third-order valence-electron chi connectivity index (χ3n) is 3.71. The van der Waals surface area contributed by atoms with Gasteiger partial charge in [-0.3, -0.25) is 9.69 Å². The normalized spacial score (nSPS) is 16.2. The van der Waals surface area contributed by atoms with E-state index in [0.717, 1.165) is 27.9 Å². The monoisotopic (exact) mass is 350 g/mol. The fourth-order valence-corrected chi connectivity index (χ4v) is 3.82. The summed E-state index contributed by atoms with van der Waals surface area (Å²) >= 11 is 7.46. The molecule has 23 heavy (non-hydrogen) atoms. The van der Waals surface area contributed by atoms with Crippen LogP contribution in [0.1, 0.15) is 10.4 Å². The number of nitrogens with one attached hydrogen (secondary N) is 1. The second-order valence-corrected chi connectivity index (χ2v) is 7.53. The van der Waals surface area contributed by atoms with E-state index in [1.807, 2.05) is 42.3 Å². The van der Waals surface area contributed by atoms with Crippen LogP contribution >= 0.6 is 22.9 Å². The van der Waals surface area contributed by atoms with E-state index in [9.17, 15) is 4.79 Å². The van der Waals surface area contributed by atoms with Crippen LogP contribution < -0.4 is 10.1 Å². The van der Waals surface area contributed by atoms with Gasteiger partial charge in [0.1, 0.15) is 11.9 Å². The van der Waals surface area contributed by atoms with Crippen LogP contribution in [0.3, 0.4) is 0 Å². The minimum absolute atomic E-state index is 0.00899. The number of nitrogens with zero attached hydrogens (tertiary/aromatic N) is 1. The molecule has 0 radical (unpaired) electrons. The van der Waals surface area contributed by atoms with Gasteiger partial charge in [-0.05, 0) is 30.8 Å². The first-order valence-electron chi connectivity index (χ1n) is 7.54. The molecule has 1 aromatic heterocycles. The van der Waals surface area contributed by atoms with E-state index in [2.05, 4.69) is 11.4 Å². The third-order valence-corrected chi connectivity index (χ3v) is 4.92. The highest BCUT2D eigenvalue weighted by molar-refractivity contribution is 7.16. The topological polar surface area (TPSA) is 41.6 Å². The number of hydrogen-bond donors (Lipinski definition) is 1. The average molecular weight is 351 g/mol. The quantitative estimate of drug-likeness (QED) is 0.871. The summed E-state index contributed by atoms with van der Waals surface area (Å²) in [5, 5.41) is 2.95. The minimum Gasteiger partial charge on any atom is -0.488 e. The molecule has 1 aliphatic rings. The third kappa shape index (κ3) is 4.47. The summed E-state index contributed by atoms with van der Waals surface area (Å²) in [4.78, 5) is 15.2. The highest BCUT2D eigenvalue weighted by Crippen LogP contribution is 2.27. The number of carbonyl (C=O) groups is 1.